The molecule has 4 N–H and O–H groups in total. The van der Waals surface area contributed by atoms with Crippen molar-refractivity contribution in [2.75, 3.05) is 25.1 Å². The largest absolute Gasteiger partial charge is 0.368 e. The van der Waals surface area contributed by atoms with Gasteiger partial charge in [-0.25, -0.2) is 4.79 Å². The molecule has 0 aliphatic carbocycles. The molecule has 1 unspecified atom stereocenters. The third-order valence-electron chi connectivity index (χ3n) is 4.42. The van der Waals surface area contributed by atoms with Crippen molar-refractivity contribution in [2.45, 2.75) is 45.9 Å². The first kappa shape index (κ1) is 19.2. The Hall–Kier alpha value is -2.13. The lowest BCUT2D eigenvalue weighted by molar-refractivity contribution is -0.131. The molecular weight excluding hydrogens is 326 g/mol. The fourth-order valence-corrected chi connectivity index (χ4v) is 2.77. The highest BCUT2D eigenvalue weighted by Crippen LogP contribution is 2.35. The average molecular weight is 353 g/mol. The molecule has 1 aromatic heterocycles. The molecule has 1 aliphatic heterocycles. The minimum absolute atomic E-state index is 0.0236. The summed E-state index contributed by atoms with van der Waals surface area (Å²) in [6.45, 7) is 6.08. The zero-order valence-electron chi connectivity index (χ0n) is 14.8. The van der Waals surface area contributed by atoms with Gasteiger partial charge in [-0.3, -0.25) is 9.48 Å². The zero-order chi connectivity index (χ0) is 18.3. The van der Waals surface area contributed by atoms with Crippen LogP contribution in [0.25, 0.3) is 0 Å². The summed E-state index contributed by atoms with van der Waals surface area (Å²) in [5, 5.41) is 9.41. The molecule has 25 heavy (non-hydrogen) atoms. The highest BCUT2D eigenvalue weighted by molar-refractivity contribution is 5.88. The molecule has 0 bridgehead atoms. The molecule has 9 nitrogen and oxygen atoms in total. The minimum Gasteiger partial charge on any atom is -0.368 e. The molecule has 1 saturated heterocycles. The maximum Gasteiger partial charge on any atom is 0.319 e. The van der Waals surface area contributed by atoms with Crippen molar-refractivity contribution in [1.82, 2.24) is 15.1 Å². The Morgan fingerprint density at radius 3 is 2.80 bits per heavy atom. The van der Waals surface area contributed by atoms with Crippen LogP contribution in [0.15, 0.2) is 12.4 Å². The minimum atomic E-state index is -0.492. The second kappa shape index (κ2) is 8.82. The summed E-state index contributed by atoms with van der Waals surface area (Å²) in [5.41, 5.74) is 5.54. The van der Waals surface area contributed by atoms with E-state index in [0.29, 0.717) is 25.4 Å². The third-order valence-corrected chi connectivity index (χ3v) is 4.42. The molecule has 9 heteroatoms. The van der Waals surface area contributed by atoms with Crippen molar-refractivity contribution in [3.63, 3.8) is 0 Å². The molecule has 2 rings (SSSR count). The van der Waals surface area contributed by atoms with Crippen molar-refractivity contribution in [3.05, 3.63) is 12.4 Å². The normalized spacial score (nSPS) is 17.2. The van der Waals surface area contributed by atoms with E-state index in [-0.39, 0.29) is 24.3 Å². The van der Waals surface area contributed by atoms with Crippen LogP contribution in [0.3, 0.4) is 0 Å². The topological polar surface area (TPSA) is 120 Å². The summed E-state index contributed by atoms with van der Waals surface area (Å²) in [7, 11) is 0. The van der Waals surface area contributed by atoms with Gasteiger partial charge in [0.25, 0.3) is 0 Å². The van der Waals surface area contributed by atoms with Crippen LogP contribution in [-0.2, 0) is 20.8 Å². The van der Waals surface area contributed by atoms with E-state index in [1.807, 2.05) is 0 Å². The number of nitrogens with two attached hydrogens (primary N) is 1. The van der Waals surface area contributed by atoms with Gasteiger partial charge in [-0.05, 0) is 19.3 Å². The highest BCUT2D eigenvalue weighted by Gasteiger charge is 2.36. The summed E-state index contributed by atoms with van der Waals surface area (Å²) >= 11 is 0. The van der Waals surface area contributed by atoms with Gasteiger partial charge in [0, 0.05) is 18.2 Å². The molecule has 1 aliphatic rings. The number of rotatable bonds is 9. The van der Waals surface area contributed by atoms with E-state index in [9.17, 15) is 9.59 Å². The van der Waals surface area contributed by atoms with E-state index in [2.05, 4.69) is 29.6 Å². The number of nitrogens with zero attached hydrogens (tertiary/aromatic N) is 2. The Kier molecular flexibility index (Phi) is 6.77. The van der Waals surface area contributed by atoms with Gasteiger partial charge in [-0.2, -0.15) is 5.10 Å². The Labute approximate surface area is 147 Å². The van der Waals surface area contributed by atoms with Crippen molar-refractivity contribution in [1.29, 1.82) is 0 Å². The number of urea groups is 1. The van der Waals surface area contributed by atoms with Crippen molar-refractivity contribution in [2.24, 2.45) is 11.1 Å². The quantitative estimate of drug-likeness (QED) is 0.573. The molecule has 0 radical (unpaired) electrons. The van der Waals surface area contributed by atoms with E-state index in [4.69, 9.17) is 15.2 Å². The average Bonchev–Trinajstić information content (AvgIpc) is 3.23. The highest BCUT2D eigenvalue weighted by atomic mass is 16.7. The molecule has 1 atom stereocenters. The number of ether oxygens (including phenoxy) is 2. The van der Waals surface area contributed by atoms with Gasteiger partial charge in [-0.1, -0.05) is 13.8 Å². The molecule has 140 valence electrons. The number of amides is 3. The first-order valence-corrected chi connectivity index (χ1v) is 8.52. The van der Waals surface area contributed by atoms with E-state index in [1.54, 1.807) is 6.20 Å². The molecule has 0 saturated carbocycles. The number of hydrogen-bond donors (Lipinski definition) is 3. The number of anilines is 1. The molecule has 3 amide bonds. The Bertz CT molecular complexity index is 585. The smallest absolute Gasteiger partial charge is 0.319 e. The summed E-state index contributed by atoms with van der Waals surface area (Å²) in [5.74, 6) is -0.492. The number of nitrogens with one attached hydrogen (secondary N) is 2. The van der Waals surface area contributed by atoms with Crippen LogP contribution < -0.4 is 16.4 Å². The van der Waals surface area contributed by atoms with Crippen molar-refractivity contribution < 1.29 is 19.1 Å². The molecule has 1 aromatic rings. The van der Waals surface area contributed by atoms with Gasteiger partial charge >= 0.3 is 6.03 Å². The number of primary amides is 1. The second-order valence-corrected chi connectivity index (χ2v) is 6.46. The fourth-order valence-electron chi connectivity index (χ4n) is 2.77. The Morgan fingerprint density at radius 1 is 1.44 bits per heavy atom. The predicted molar refractivity (Wildman–Crippen MR) is 91.8 cm³/mol. The van der Waals surface area contributed by atoms with Crippen LogP contribution in [0.5, 0.6) is 0 Å². The van der Waals surface area contributed by atoms with Crippen molar-refractivity contribution in [3.8, 4) is 0 Å². The Morgan fingerprint density at radius 2 is 2.16 bits per heavy atom. The first-order valence-electron chi connectivity index (χ1n) is 8.52. The summed E-state index contributed by atoms with van der Waals surface area (Å²) in [6.07, 6.45) is 5.51. The molecular formula is C16H27N5O4. The van der Waals surface area contributed by atoms with E-state index in [0.717, 1.165) is 19.3 Å². The van der Waals surface area contributed by atoms with Gasteiger partial charge in [0.2, 0.25) is 5.91 Å². The summed E-state index contributed by atoms with van der Waals surface area (Å²) in [6, 6.07) is -0.315. The maximum atomic E-state index is 11.9. The summed E-state index contributed by atoms with van der Waals surface area (Å²) in [4.78, 5) is 22.7. The van der Waals surface area contributed by atoms with Crippen LogP contribution in [0, 0.1) is 5.41 Å². The van der Waals surface area contributed by atoms with E-state index in [1.165, 1.54) is 10.9 Å². The fraction of sp³-hybridized carbons (Fsp3) is 0.688. The van der Waals surface area contributed by atoms with Crippen LogP contribution in [0.2, 0.25) is 0 Å². The van der Waals surface area contributed by atoms with Gasteiger partial charge in [0.15, 0.2) is 6.29 Å². The van der Waals surface area contributed by atoms with Gasteiger partial charge < -0.3 is 25.8 Å². The second-order valence-electron chi connectivity index (χ2n) is 6.46. The molecule has 0 aromatic carbocycles. The lowest BCUT2D eigenvalue weighted by Gasteiger charge is -2.33. The van der Waals surface area contributed by atoms with Crippen LogP contribution in [0.4, 0.5) is 10.5 Å². The lowest BCUT2D eigenvalue weighted by Crippen LogP contribution is -2.35. The van der Waals surface area contributed by atoms with Crippen LogP contribution >= 0.6 is 0 Å². The number of carbonyl (C=O) groups is 2. The third kappa shape index (κ3) is 5.71. The molecule has 2 heterocycles. The monoisotopic (exact) mass is 353 g/mol. The number of hydrogen-bond acceptors (Lipinski definition) is 5. The van der Waals surface area contributed by atoms with E-state index < -0.39 is 5.91 Å². The van der Waals surface area contributed by atoms with Crippen molar-refractivity contribution >= 4 is 17.6 Å². The predicted octanol–water partition coefficient (Wildman–Crippen LogP) is 1.06. The number of carbonyl (C=O) groups excluding carboxylic acids is 2. The first-order chi connectivity index (χ1) is 11.9. The standard InChI is InChI=1S/C16H27N5O4/c1-3-16(2,14-24-7-8-25-14)5-4-6-18-15(23)20-12-9-19-21(10-12)11-13(17)22/h9-10,14H,3-8,11H2,1-2H3,(H2,17,22)(H2,18,20,23). The van der Waals surface area contributed by atoms with Gasteiger partial charge in [-0.15, -0.1) is 0 Å². The summed E-state index contributed by atoms with van der Waals surface area (Å²) < 4.78 is 12.6. The van der Waals surface area contributed by atoms with E-state index >= 15 is 0 Å². The zero-order valence-corrected chi connectivity index (χ0v) is 14.8. The van der Waals surface area contributed by atoms with Gasteiger partial charge in [0.1, 0.15) is 6.54 Å². The van der Waals surface area contributed by atoms with Crippen LogP contribution in [0.1, 0.15) is 33.1 Å². The number of aromatic nitrogens is 2. The lowest BCUT2D eigenvalue weighted by atomic mass is 9.82. The van der Waals surface area contributed by atoms with Crippen LogP contribution in [-0.4, -0.2) is 47.8 Å². The Balaban J connectivity index is 1.69. The van der Waals surface area contributed by atoms with Gasteiger partial charge in [0.05, 0.1) is 25.1 Å². The molecule has 0 spiro atoms. The molecule has 1 fully saturated rings. The SMILES string of the molecule is CCC(C)(CCCNC(=O)Nc1cnn(CC(N)=O)c1)C1OCCO1. The maximum absolute atomic E-state index is 11.9.